The zero-order valence-electron chi connectivity index (χ0n) is 19.0. The van der Waals surface area contributed by atoms with Crippen LogP contribution < -0.4 is 4.74 Å². The molecule has 1 saturated heterocycles. The third kappa shape index (κ3) is 4.94. The minimum absolute atomic E-state index is 0.0131. The van der Waals surface area contributed by atoms with Gasteiger partial charge in [0.15, 0.2) is 0 Å². The van der Waals surface area contributed by atoms with Crippen LogP contribution in [-0.2, 0) is 24.6 Å². The quantitative estimate of drug-likeness (QED) is 0.528. The van der Waals surface area contributed by atoms with E-state index in [4.69, 9.17) is 9.47 Å². The molecule has 0 radical (unpaired) electrons. The molecule has 0 saturated carbocycles. The summed E-state index contributed by atoms with van der Waals surface area (Å²) in [6.45, 7) is 8.75. The van der Waals surface area contributed by atoms with Crippen molar-refractivity contribution in [2.75, 3.05) is 26.3 Å². The van der Waals surface area contributed by atoms with Gasteiger partial charge < -0.3 is 24.3 Å². The molecule has 8 heteroatoms. The molecule has 0 atom stereocenters. The third-order valence-electron chi connectivity index (χ3n) is 5.62. The molecule has 0 bridgehead atoms. The van der Waals surface area contributed by atoms with Crippen molar-refractivity contribution in [1.29, 1.82) is 0 Å². The van der Waals surface area contributed by atoms with Crippen molar-refractivity contribution in [2.24, 2.45) is 5.41 Å². The standard InChI is InChI=1S/C24H32N4O4/c1-23(2,3)32-22-21-20(25-16-26-22)19(9-27-12-24(13-27,14-29)15-30)10-28(21)17-31-11-18-7-5-4-6-8-18/h4-8,10,16,29-30H,9,11-15,17H2,1-3H3. The highest BCUT2D eigenvalue weighted by Gasteiger charge is 2.42. The molecule has 2 aromatic heterocycles. The maximum absolute atomic E-state index is 9.59. The summed E-state index contributed by atoms with van der Waals surface area (Å²) in [7, 11) is 0. The Labute approximate surface area is 188 Å². The summed E-state index contributed by atoms with van der Waals surface area (Å²) < 4.78 is 14.1. The monoisotopic (exact) mass is 440 g/mol. The second kappa shape index (κ2) is 9.15. The summed E-state index contributed by atoms with van der Waals surface area (Å²) >= 11 is 0. The lowest BCUT2D eigenvalue weighted by Crippen LogP contribution is -2.59. The van der Waals surface area contributed by atoms with E-state index in [2.05, 4.69) is 14.9 Å². The fourth-order valence-corrected chi connectivity index (χ4v) is 4.09. The minimum atomic E-state index is -0.410. The predicted octanol–water partition coefficient (Wildman–Crippen LogP) is 2.57. The Balaban J connectivity index is 1.58. The van der Waals surface area contributed by atoms with Gasteiger partial charge in [-0.2, -0.15) is 4.98 Å². The molecule has 2 N–H and O–H groups in total. The van der Waals surface area contributed by atoms with Crippen LogP contribution in [0.4, 0.5) is 0 Å². The second-order valence-corrected chi connectivity index (χ2v) is 9.64. The Hall–Kier alpha value is -2.52. The molecule has 3 aromatic rings. The van der Waals surface area contributed by atoms with Gasteiger partial charge in [0.2, 0.25) is 5.88 Å². The van der Waals surface area contributed by atoms with Crippen LogP contribution in [0.25, 0.3) is 11.0 Å². The minimum Gasteiger partial charge on any atom is -0.470 e. The number of aliphatic hydroxyl groups excluding tert-OH is 2. The fourth-order valence-electron chi connectivity index (χ4n) is 4.09. The normalized spacial score (nSPS) is 16.3. The lowest BCUT2D eigenvalue weighted by molar-refractivity contribution is -0.0785. The van der Waals surface area contributed by atoms with Crippen molar-refractivity contribution >= 4 is 11.0 Å². The first-order valence-corrected chi connectivity index (χ1v) is 10.9. The van der Waals surface area contributed by atoms with E-state index in [1.165, 1.54) is 6.33 Å². The summed E-state index contributed by atoms with van der Waals surface area (Å²) in [6, 6.07) is 10.1. The Morgan fingerprint density at radius 1 is 1.06 bits per heavy atom. The average molecular weight is 441 g/mol. The molecular formula is C24H32N4O4. The van der Waals surface area contributed by atoms with Gasteiger partial charge >= 0.3 is 0 Å². The molecule has 1 fully saturated rings. The van der Waals surface area contributed by atoms with E-state index >= 15 is 0 Å². The first-order valence-electron chi connectivity index (χ1n) is 10.9. The van der Waals surface area contributed by atoms with E-state index in [1.54, 1.807) is 0 Å². The zero-order valence-corrected chi connectivity index (χ0v) is 19.0. The number of aliphatic hydroxyl groups is 2. The highest BCUT2D eigenvalue weighted by atomic mass is 16.5. The molecule has 32 heavy (non-hydrogen) atoms. The fraction of sp³-hybridized carbons (Fsp3) is 0.500. The molecular weight excluding hydrogens is 408 g/mol. The Bertz CT molecular complexity index is 1030. The van der Waals surface area contributed by atoms with Crippen LogP contribution in [0.2, 0.25) is 0 Å². The molecule has 4 rings (SSSR count). The molecule has 172 valence electrons. The van der Waals surface area contributed by atoms with Gasteiger partial charge in [0.25, 0.3) is 0 Å². The Morgan fingerprint density at radius 2 is 1.78 bits per heavy atom. The van der Waals surface area contributed by atoms with Gasteiger partial charge in [-0.25, -0.2) is 4.98 Å². The molecule has 1 aromatic carbocycles. The van der Waals surface area contributed by atoms with Gasteiger partial charge in [-0.05, 0) is 26.3 Å². The number of aromatic nitrogens is 3. The van der Waals surface area contributed by atoms with Crippen LogP contribution in [0, 0.1) is 5.41 Å². The van der Waals surface area contributed by atoms with Gasteiger partial charge in [0.1, 0.15) is 29.7 Å². The molecule has 3 heterocycles. The highest BCUT2D eigenvalue weighted by Crippen LogP contribution is 2.34. The maximum Gasteiger partial charge on any atom is 0.242 e. The van der Waals surface area contributed by atoms with E-state index in [0.29, 0.717) is 38.9 Å². The van der Waals surface area contributed by atoms with Crippen molar-refractivity contribution in [3.8, 4) is 5.88 Å². The van der Waals surface area contributed by atoms with Crippen LogP contribution in [-0.4, -0.2) is 61.6 Å². The first kappa shape index (κ1) is 22.7. The zero-order chi connectivity index (χ0) is 22.8. The van der Waals surface area contributed by atoms with Gasteiger partial charge in [-0.3, -0.25) is 4.90 Å². The lowest BCUT2D eigenvalue weighted by Gasteiger charge is -2.48. The van der Waals surface area contributed by atoms with Crippen molar-refractivity contribution < 1.29 is 19.7 Å². The number of fused-ring (bicyclic) bond motifs is 1. The summed E-state index contributed by atoms with van der Waals surface area (Å²) in [5.74, 6) is 0.528. The third-order valence-corrected chi connectivity index (χ3v) is 5.62. The number of likely N-dealkylation sites (tertiary alicyclic amines) is 1. The summed E-state index contributed by atoms with van der Waals surface area (Å²) in [6.07, 6.45) is 3.57. The Morgan fingerprint density at radius 3 is 2.44 bits per heavy atom. The maximum atomic E-state index is 9.59. The molecule has 1 aliphatic heterocycles. The number of benzene rings is 1. The van der Waals surface area contributed by atoms with E-state index in [-0.39, 0.29) is 13.2 Å². The van der Waals surface area contributed by atoms with E-state index in [0.717, 1.165) is 22.2 Å². The SMILES string of the molecule is CC(C)(C)Oc1ncnc2c(CN3CC(CO)(CO)C3)cn(COCc3ccccc3)c12. The molecule has 0 aliphatic carbocycles. The van der Waals surface area contributed by atoms with E-state index in [9.17, 15) is 10.2 Å². The van der Waals surface area contributed by atoms with Gasteiger partial charge in [-0.15, -0.1) is 0 Å². The summed E-state index contributed by atoms with van der Waals surface area (Å²) in [4.78, 5) is 11.2. The van der Waals surface area contributed by atoms with Crippen LogP contribution >= 0.6 is 0 Å². The number of hydrogen-bond acceptors (Lipinski definition) is 7. The van der Waals surface area contributed by atoms with Crippen LogP contribution in [0.1, 0.15) is 31.9 Å². The van der Waals surface area contributed by atoms with Crippen LogP contribution in [0.5, 0.6) is 5.88 Å². The number of ether oxygens (including phenoxy) is 2. The predicted molar refractivity (Wildman–Crippen MR) is 121 cm³/mol. The Kier molecular flexibility index (Phi) is 6.48. The van der Waals surface area contributed by atoms with Crippen molar-refractivity contribution in [1.82, 2.24) is 19.4 Å². The van der Waals surface area contributed by atoms with Gasteiger partial charge in [0.05, 0.1) is 19.8 Å². The number of nitrogens with zero attached hydrogens (tertiary/aromatic N) is 4. The van der Waals surface area contributed by atoms with Gasteiger partial charge in [-0.1, -0.05) is 30.3 Å². The smallest absolute Gasteiger partial charge is 0.242 e. The van der Waals surface area contributed by atoms with Crippen LogP contribution in [0.3, 0.4) is 0 Å². The topological polar surface area (TPSA) is 92.9 Å². The summed E-state index contributed by atoms with van der Waals surface area (Å²) in [5.41, 5.74) is 2.97. The van der Waals surface area contributed by atoms with E-state index < -0.39 is 11.0 Å². The van der Waals surface area contributed by atoms with Crippen molar-refractivity contribution in [3.63, 3.8) is 0 Å². The van der Waals surface area contributed by atoms with Crippen molar-refractivity contribution in [2.45, 2.75) is 46.3 Å². The first-order chi connectivity index (χ1) is 15.3. The number of hydrogen-bond donors (Lipinski definition) is 2. The second-order valence-electron chi connectivity index (χ2n) is 9.64. The lowest BCUT2D eigenvalue weighted by atomic mass is 9.81. The largest absolute Gasteiger partial charge is 0.470 e. The molecule has 0 spiro atoms. The molecule has 8 nitrogen and oxygen atoms in total. The van der Waals surface area contributed by atoms with Gasteiger partial charge in [0, 0.05) is 36.8 Å². The average Bonchev–Trinajstić information content (AvgIpc) is 3.09. The van der Waals surface area contributed by atoms with E-state index in [1.807, 2.05) is 61.9 Å². The molecule has 0 unspecified atom stereocenters. The number of rotatable bonds is 9. The van der Waals surface area contributed by atoms with Crippen molar-refractivity contribution in [3.05, 3.63) is 54.0 Å². The highest BCUT2D eigenvalue weighted by molar-refractivity contribution is 5.84. The van der Waals surface area contributed by atoms with Crippen LogP contribution in [0.15, 0.2) is 42.9 Å². The summed E-state index contributed by atoms with van der Waals surface area (Å²) in [5, 5.41) is 19.2. The molecule has 1 aliphatic rings. The molecule has 0 amide bonds.